The largest absolute Gasteiger partial charge is 0.491 e. The molecule has 0 bridgehead atoms. The zero-order valence-corrected chi connectivity index (χ0v) is 14.7. The van der Waals surface area contributed by atoms with Crippen LogP contribution in [0.25, 0.3) is 0 Å². The lowest BCUT2D eigenvalue weighted by Crippen LogP contribution is -2.19. The van der Waals surface area contributed by atoms with Crippen LogP contribution in [0.4, 0.5) is 0 Å². The first-order valence-electron chi connectivity index (χ1n) is 8.18. The van der Waals surface area contributed by atoms with Crippen LogP contribution in [-0.4, -0.2) is 6.10 Å². The van der Waals surface area contributed by atoms with E-state index in [1.807, 2.05) is 13.8 Å². The second kappa shape index (κ2) is 6.56. The molecule has 2 aromatic carbocycles. The molecular formula is C21H28O. The average molecular weight is 296 g/mol. The Hall–Kier alpha value is -1.76. The SMILES string of the molecule is CC(C)Oc1ccc(C(C)(C)c2ccc(C(C)C)cc2)cc1. The molecule has 0 amide bonds. The normalized spacial score (nSPS) is 12.0. The van der Waals surface area contributed by atoms with Crippen molar-refractivity contribution in [2.75, 3.05) is 0 Å². The number of ether oxygens (including phenoxy) is 1. The molecule has 0 aliphatic heterocycles. The van der Waals surface area contributed by atoms with Gasteiger partial charge in [-0.1, -0.05) is 64.1 Å². The predicted octanol–water partition coefficient (Wildman–Crippen LogP) is 5.92. The topological polar surface area (TPSA) is 9.23 Å². The van der Waals surface area contributed by atoms with E-state index in [9.17, 15) is 0 Å². The van der Waals surface area contributed by atoms with Gasteiger partial charge in [-0.3, -0.25) is 0 Å². The first-order valence-corrected chi connectivity index (χ1v) is 8.18. The van der Waals surface area contributed by atoms with Crippen LogP contribution in [0, 0.1) is 0 Å². The lowest BCUT2D eigenvalue weighted by atomic mass is 9.77. The Morgan fingerprint density at radius 3 is 1.59 bits per heavy atom. The molecule has 1 heteroatoms. The van der Waals surface area contributed by atoms with Crippen molar-refractivity contribution in [3.63, 3.8) is 0 Å². The van der Waals surface area contributed by atoms with Gasteiger partial charge < -0.3 is 4.74 Å². The summed E-state index contributed by atoms with van der Waals surface area (Å²) in [4.78, 5) is 0. The maximum Gasteiger partial charge on any atom is 0.119 e. The van der Waals surface area contributed by atoms with Crippen LogP contribution in [0.15, 0.2) is 48.5 Å². The fourth-order valence-electron chi connectivity index (χ4n) is 2.67. The van der Waals surface area contributed by atoms with Gasteiger partial charge in [0.25, 0.3) is 0 Å². The smallest absolute Gasteiger partial charge is 0.119 e. The first kappa shape index (κ1) is 16.6. The molecule has 118 valence electrons. The van der Waals surface area contributed by atoms with Crippen LogP contribution in [0.1, 0.15) is 64.2 Å². The molecule has 0 spiro atoms. The molecule has 0 saturated carbocycles. The van der Waals surface area contributed by atoms with E-state index in [2.05, 4.69) is 76.2 Å². The molecule has 0 radical (unpaired) electrons. The molecule has 2 aromatic rings. The summed E-state index contributed by atoms with van der Waals surface area (Å²) in [5.74, 6) is 1.51. The van der Waals surface area contributed by atoms with E-state index >= 15 is 0 Å². The molecule has 0 aliphatic carbocycles. The van der Waals surface area contributed by atoms with Crippen molar-refractivity contribution >= 4 is 0 Å². The van der Waals surface area contributed by atoms with Gasteiger partial charge >= 0.3 is 0 Å². The second-order valence-corrected chi connectivity index (χ2v) is 7.09. The van der Waals surface area contributed by atoms with Crippen molar-refractivity contribution in [2.45, 2.75) is 59.0 Å². The highest BCUT2D eigenvalue weighted by Crippen LogP contribution is 2.33. The number of hydrogen-bond donors (Lipinski definition) is 0. The molecule has 0 aromatic heterocycles. The fourth-order valence-corrected chi connectivity index (χ4v) is 2.67. The van der Waals surface area contributed by atoms with E-state index in [1.54, 1.807) is 0 Å². The molecule has 0 unspecified atom stereocenters. The summed E-state index contributed by atoms with van der Waals surface area (Å²) < 4.78 is 5.73. The van der Waals surface area contributed by atoms with E-state index in [1.165, 1.54) is 16.7 Å². The van der Waals surface area contributed by atoms with Gasteiger partial charge in [0.15, 0.2) is 0 Å². The monoisotopic (exact) mass is 296 g/mol. The summed E-state index contributed by atoms with van der Waals surface area (Å²) in [5, 5.41) is 0. The molecule has 2 rings (SSSR count). The molecule has 0 saturated heterocycles. The standard InChI is InChI=1S/C21H28O/c1-15(2)17-7-9-18(10-8-17)21(5,6)19-11-13-20(14-12-19)22-16(3)4/h7-16H,1-6H3. The van der Waals surface area contributed by atoms with Gasteiger partial charge in [-0.15, -0.1) is 0 Å². The Kier molecular flexibility index (Phi) is 4.95. The third-order valence-electron chi connectivity index (χ3n) is 4.25. The van der Waals surface area contributed by atoms with Crippen molar-refractivity contribution in [3.8, 4) is 5.75 Å². The minimum Gasteiger partial charge on any atom is -0.491 e. The predicted molar refractivity (Wildman–Crippen MR) is 94.9 cm³/mol. The quantitative estimate of drug-likeness (QED) is 0.665. The number of benzene rings is 2. The molecule has 0 heterocycles. The molecule has 0 N–H and O–H groups in total. The van der Waals surface area contributed by atoms with Gasteiger partial charge in [0.1, 0.15) is 5.75 Å². The van der Waals surface area contributed by atoms with Crippen LogP contribution in [0.2, 0.25) is 0 Å². The zero-order chi connectivity index (χ0) is 16.3. The Balaban J connectivity index is 2.25. The number of hydrogen-bond acceptors (Lipinski definition) is 1. The fraction of sp³-hybridized carbons (Fsp3) is 0.429. The van der Waals surface area contributed by atoms with Crippen molar-refractivity contribution in [2.24, 2.45) is 0 Å². The number of rotatable bonds is 5. The van der Waals surface area contributed by atoms with Gasteiger partial charge in [0, 0.05) is 5.41 Å². The molecular weight excluding hydrogens is 268 g/mol. The van der Waals surface area contributed by atoms with Crippen LogP contribution >= 0.6 is 0 Å². The summed E-state index contributed by atoms with van der Waals surface area (Å²) in [5.41, 5.74) is 4.03. The van der Waals surface area contributed by atoms with Gasteiger partial charge in [0.05, 0.1) is 6.10 Å². The second-order valence-electron chi connectivity index (χ2n) is 7.09. The van der Waals surface area contributed by atoms with Gasteiger partial charge in [-0.25, -0.2) is 0 Å². The van der Waals surface area contributed by atoms with Gasteiger partial charge in [-0.05, 0) is 48.6 Å². The highest BCUT2D eigenvalue weighted by Gasteiger charge is 2.23. The summed E-state index contributed by atoms with van der Waals surface area (Å²) in [6.07, 6.45) is 0.211. The average Bonchev–Trinajstić information content (AvgIpc) is 2.47. The van der Waals surface area contributed by atoms with E-state index in [4.69, 9.17) is 4.74 Å². The van der Waals surface area contributed by atoms with Gasteiger partial charge in [-0.2, -0.15) is 0 Å². The molecule has 0 aliphatic rings. The first-order chi connectivity index (χ1) is 10.3. The molecule has 1 nitrogen and oxygen atoms in total. The Labute approximate surface area is 135 Å². The summed E-state index contributed by atoms with van der Waals surface area (Å²) >= 11 is 0. The lowest BCUT2D eigenvalue weighted by molar-refractivity contribution is 0.242. The van der Waals surface area contributed by atoms with Crippen molar-refractivity contribution in [3.05, 3.63) is 65.2 Å². The summed E-state index contributed by atoms with van der Waals surface area (Å²) in [7, 11) is 0. The highest BCUT2D eigenvalue weighted by atomic mass is 16.5. The molecule has 0 fully saturated rings. The molecule has 0 atom stereocenters. The van der Waals surface area contributed by atoms with Crippen molar-refractivity contribution in [1.29, 1.82) is 0 Å². The van der Waals surface area contributed by atoms with E-state index in [0.29, 0.717) is 5.92 Å². The zero-order valence-electron chi connectivity index (χ0n) is 14.7. The maximum atomic E-state index is 5.73. The van der Waals surface area contributed by atoms with Crippen LogP contribution in [0.3, 0.4) is 0 Å². The Morgan fingerprint density at radius 2 is 1.18 bits per heavy atom. The lowest BCUT2D eigenvalue weighted by Gasteiger charge is -2.27. The third kappa shape index (κ3) is 3.71. The summed E-state index contributed by atoms with van der Waals surface area (Å²) in [6, 6.07) is 17.5. The highest BCUT2D eigenvalue weighted by molar-refractivity contribution is 5.41. The van der Waals surface area contributed by atoms with E-state index in [0.717, 1.165) is 5.75 Å². The van der Waals surface area contributed by atoms with Crippen molar-refractivity contribution in [1.82, 2.24) is 0 Å². The van der Waals surface area contributed by atoms with Crippen LogP contribution in [-0.2, 0) is 5.41 Å². The van der Waals surface area contributed by atoms with E-state index < -0.39 is 0 Å². The maximum absolute atomic E-state index is 5.73. The minimum absolute atomic E-state index is 0.00807. The van der Waals surface area contributed by atoms with E-state index in [-0.39, 0.29) is 11.5 Å². The van der Waals surface area contributed by atoms with Crippen molar-refractivity contribution < 1.29 is 4.74 Å². The Bertz CT molecular complexity index is 589. The minimum atomic E-state index is -0.00807. The van der Waals surface area contributed by atoms with Gasteiger partial charge in [0.2, 0.25) is 0 Å². The van der Waals surface area contributed by atoms with Crippen LogP contribution in [0.5, 0.6) is 5.75 Å². The third-order valence-corrected chi connectivity index (χ3v) is 4.25. The summed E-state index contributed by atoms with van der Waals surface area (Å²) in [6.45, 7) is 13.1. The van der Waals surface area contributed by atoms with Crippen LogP contribution < -0.4 is 4.74 Å². The Morgan fingerprint density at radius 1 is 0.727 bits per heavy atom. The molecule has 22 heavy (non-hydrogen) atoms.